The van der Waals surface area contributed by atoms with Crippen LogP contribution in [0.25, 0.3) is 0 Å². The molecule has 2 rings (SSSR count). The third-order valence-corrected chi connectivity index (χ3v) is 3.02. The van der Waals surface area contributed by atoms with Crippen molar-refractivity contribution >= 4 is 11.8 Å². The van der Waals surface area contributed by atoms with Gasteiger partial charge in [0.15, 0.2) is 5.82 Å². The Morgan fingerprint density at radius 3 is 3.24 bits per heavy atom. The van der Waals surface area contributed by atoms with Gasteiger partial charge in [0.05, 0.1) is 0 Å². The lowest BCUT2D eigenvalue weighted by Gasteiger charge is -2.35. The number of anilines is 1. The zero-order valence-corrected chi connectivity index (χ0v) is 9.63. The molecule has 1 aliphatic rings. The van der Waals surface area contributed by atoms with Crippen molar-refractivity contribution in [2.24, 2.45) is 0 Å². The van der Waals surface area contributed by atoms with E-state index in [0.29, 0.717) is 12.2 Å². The van der Waals surface area contributed by atoms with Crippen LogP contribution in [-0.2, 0) is 0 Å². The summed E-state index contributed by atoms with van der Waals surface area (Å²) in [7, 11) is 0. The molecule has 0 bridgehead atoms. The number of rotatable bonds is 3. The summed E-state index contributed by atoms with van der Waals surface area (Å²) in [5, 5.41) is 15.3. The first-order chi connectivity index (χ1) is 8.31. The van der Waals surface area contributed by atoms with Gasteiger partial charge in [-0.25, -0.2) is 4.79 Å². The molecule has 6 nitrogen and oxygen atoms in total. The second-order valence-electron chi connectivity index (χ2n) is 4.17. The van der Waals surface area contributed by atoms with Gasteiger partial charge >= 0.3 is 6.03 Å². The highest BCUT2D eigenvalue weighted by Crippen LogP contribution is 2.20. The monoisotopic (exact) mass is 239 g/mol. The molecule has 0 radical (unpaired) electrons. The van der Waals surface area contributed by atoms with E-state index in [0.717, 1.165) is 25.8 Å². The minimum absolute atomic E-state index is 0.110. The number of nitrogens with one attached hydrogen (secondary N) is 1. The smallest absolute Gasteiger partial charge is 0.323 e. The number of carbonyl (C=O) groups is 1. The normalized spacial score (nSPS) is 20.3. The predicted molar refractivity (Wildman–Crippen MR) is 61.6 cm³/mol. The number of aromatic nitrogens is 1. The molecule has 1 saturated heterocycles. The number of amides is 2. The van der Waals surface area contributed by atoms with Gasteiger partial charge in [-0.15, -0.1) is 0 Å². The van der Waals surface area contributed by atoms with Crippen LogP contribution in [0.3, 0.4) is 0 Å². The van der Waals surface area contributed by atoms with Crippen LogP contribution in [0.15, 0.2) is 16.9 Å². The van der Waals surface area contributed by atoms with Crippen molar-refractivity contribution in [3.63, 3.8) is 0 Å². The van der Waals surface area contributed by atoms with Crippen LogP contribution in [0.2, 0.25) is 0 Å². The fourth-order valence-electron chi connectivity index (χ4n) is 2.18. The lowest BCUT2D eigenvalue weighted by atomic mass is 10.0. The topological polar surface area (TPSA) is 78.6 Å². The van der Waals surface area contributed by atoms with E-state index in [2.05, 4.69) is 15.0 Å². The van der Waals surface area contributed by atoms with Crippen molar-refractivity contribution in [1.82, 2.24) is 10.1 Å². The molecule has 2 amide bonds. The van der Waals surface area contributed by atoms with Gasteiger partial charge in [0, 0.05) is 25.3 Å². The van der Waals surface area contributed by atoms with E-state index in [1.807, 2.05) is 0 Å². The van der Waals surface area contributed by atoms with Crippen molar-refractivity contribution in [2.45, 2.75) is 31.7 Å². The van der Waals surface area contributed by atoms with Gasteiger partial charge in [-0.3, -0.25) is 5.32 Å². The van der Waals surface area contributed by atoms with E-state index in [1.54, 1.807) is 11.0 Å². The van der Waals surface area contributed by atoms with Crippen molar-refractivity contribution in [3.8, 4) is 0 Å². The standard InChI is InChI=1S/C11H17N3O3/c15-7-4-9-3-1-2-6-14(9)11(16)12-10-5-8-17-13-10/h5,8-9,15H,1-4,6-7H2,(H,12,13,16). The Kier molecular flexibility index (Phi) is 3.98. The Morgan fingerprint density at radius 1 is 1.65 bits per heavy atom. The summed E-state index contributed by atoms with van der Waals surface area (Å²) in [6, 6.07) is 1.56. The van der Waals surface area contributed by atoms with E-state index in [9.17, 15) is 4.79 Å². The highest BCUT2D eigenvalue weighted by atomic mass is 16.5. The number of aliphatic hydroxyl groups is 1. The van der Waals surface area contributed by atoms with Crippen molar-refractivity contribution in [1.29, 1.82) is 0 Å². The maximum Gasteiger partial charge on any atom is 0.323 e. The Balaban J connectivity index is 1.96. The van der Waals surface area contributed by atoms with E-state index < -0.39 is 0 Å². The summed E-state index contributed by atoms with van der Waals surface area (Å²) >= 11 is 0. The number of aliphatic hydroxyl groups excluding tert-OH is 1. The predicted octanol–water partition coefficient (Wildman–Crippen LogP) is 1.44. The first-order valence-corrected chi connectivity index (χ1v) is 5.90. The van der Waals surface area contributed by atoms with E-state index in [-0.39, 0.29) is 18.7 Å². The van der Waals surface area contributed by atoms with Gasteiger partial charge in [-0.05, 0) is 25.7 Å². The maximum absolute atomic E-state index is 12.0. The first-order valence-electron chi connectivity index (χ1n) is 5.90. The van der Waals surface area contributed by atoms with Gasteiger partial charge in [0.1, 0.15) is 6.26 Å². The molecule has 1 unspecified atom stereocenters. The number of hydrogen-bond acceptors (Lipinski definition) is 4. The Labute approximate surface area is 99.6 Å². The van der Waals surface area contributed by atoms with E-state index >= 15 is 0 Å². The summed E-state index contributed by atoms with van der Waals surface area (Å²) in [5.41, 5.74) is 0. The lowest BCUT2D eigenvalue weighted by molar-refractivity contribution is 0.141. The molecule has 0 spiro atoms. The second kappa shape index (κ2) is 5.67. The maximum atomic E-state index is 12.0. The summed E-state index contributed by atoms with van der Waals surface area (Å²) in [6.07, 6.45) is 5.11. The minimum Gasteiger partial charge on any atom is -0.396 e. The quantitative estimate of drug-likeness (QED) is 0.836. The number of urea groups is 1. The zero-order valence-electron chi connectivity index (χ0n) is 9.63. The third-order valence-electron chi connectivity index (χ3n) is 3.02. The molecule has 0 saturated carbocycles. The number of carbonyl (C=O) groups excluding carboxylic acids is 1. The van der Waals surface area contributed by atoms with E-state index in [4.69, 9.17) is 5.11 Å². The SMILES string of the molecule is O=C(Nc1ccon1)N1CCCCC1CCO. The molecule has 1 fully saturated rings. The van der Waals surface area contributed by atoms with Gasteiger partial charge in [-0.1, -0.05) is 5.16 Å². The van der Waals surface area contributed by atoms with Crippen molar-refractivity contribution in [3.05, 3.63) is 12.3 Å². The van der Waals surface area contributed by atoms with Gasteiger partial charge in [0.25, 0.3) is 0 Å². The number of piperidine rings is 1. The highest BCUT2D eigenvalue weighted by molar-refractivity contribution is 5.88. The third kappa shape index (κ3) is 2.97. The second-order valence-corrected chi connectivity index (χ2v) is 4.17. The first kappa shape index (κ1) is 11.9. The molecule has 0 aliphatic carbocycles. The molecule has 1 atom stereocenters. The van der Waals surface area contributed by atoms with Crippen LogP contribution in [-0.4, -0.2) is 40.4 Å². The van der Waals surface area contributed by atoms with E-state index in [1.165, 1.54) is 6.26 Å². The molecule has 1 aromatic heterocycles. The van der Waals surface area contributed by atoms with Crippen LogP contribution >= 0.6 is 0 Å². The van der Waals surface area contributed by atoms with Crippen LogP contribution in [0, 0.1) is 0 Å². The molecular weight excluding hydrogens is 222 g/mol. The summed E-state index contributed by atoms with van der Waals surface area (Å²) in [6.45, 7) is 0.840. The van der Waals surface area contributed by atoms with Crippen LogP contribution < -0.4 is 5.32 Å². The molecular formula is C11H17N3O3. The largest absolute Gasteiger partial charge is 0.396 e. The molecule has 1 aliphatic heterocycles. The van der Waals surface area contributed by atoms with Gasteiger partial charge < -0.3 is 14.5 Å². The number of nitrogens with zero attached hydrogens (tertiary/aromatic N) is 2. The fourth-order valence-corrected chi connectivity index (χ4v) is 2.18. The summed E-state index contributed by atoms with van der Waals surface area (Å²) in [5.74, 6) is 0.420. The lowest BCUT2D eigenvalue weighted by Crippen LogP contribution is -2.46. The molecule has 17 heavy (non-hydrogen) atoms. The average molecular weight is 239 g/mol. The summed E-state index contributed by atoms with van der Waals surface area (Å²) < 4.78 is 4.65. The van der Waals surface area contributed by atoms with Crippen molar-refractivity contribution in [2.75, 3.05) is 18.5 Å². The molecule has 6 heteroatoms. The molecule has 0 aromatic carbocycles. The van der Waals surface area contributed by atoms with Gasteiger partial charge in [0.2, 0.25) is 0 Å². The van der Waals surface area contributed by atoms with Crippen LogP contribution in [0.4, 0.5) is 10.6 Å². The minimum atomic E-state index is -0.169. The molecule has 2 N–H and O–H groups in total. The van der Waals surface area contributed by atoms with Crippen LogP contribution in [0.5, 0.6) is 0 Å². The zero-order chi connectivity index (χ0) is 12.1. The van der Waals surface area contributed by atoms with Crippen molar-refractivity contribution < 1.29 is 14.4 Å². The average Bonchev–Trinajstić information content (AvgIpc) is 2.83. The van der Waals surface area contributed by atoms with Crippen LogP contribution in [0.1, 0.15) is 25.7 Å². The Morgan fingerprint density at radius 2 is 2.53 bits per heavy atom. The Hall–Kier alpha value is -1.56. The number of likely N-dealkylation sites (tertiary alicyclic amines) is 1. The Bertz CT molecular complexity index is 351. The highest BCUT2D eigenvalue weighted by Gasteiger charge is 2.26. The number of hydrogen-bond donors (Lipinski definition) is 2. The molecule has 94 valence electrons. The molecule has 2 heterocycles. The van der Waals surface area contributed by atoms with Gasteiger partial charge in [-0.2, -0.15) is 0 Å². The summed E-state index contributed by atoms with van der Waals surface area (Å²) in [4.78, 5) is 13.8. The molecule has 1 aromatic rings. The fraction of sp³-hybridized carbons (Fsp3) is 0.636.